The first kappa shape index (κ1) is 12.7. The molecule has 1 aliphatic rings. The van der Waals surface area contributed by atoms with Crippen LogP contribution in [0.5, 0.6) is 0 Å². The fraction of sp³-hybridized carbons (Fsp3) is 0.538. The Morgan fingerprint density at radius 2 is 2.00 bits per heavy atom. The molecule has 0 heterocycles. The summed E-state index contributed by atoms with van der Waals surface area (Å²) in [6, 6.07) is 5.25. The summed E-state index contributed by atoms with van der Waals surface area (Å²) < 4.78 is 18.6. The van der Waals surface area contributed by atoms with Crippen LogP contribution in [0, 0.1) is 5.82 Å². The standard InChI is InChI=1S/C13H17ClFNO/c1-17-11-5-2-9(3-6-11)16-10-4-7-12(14)13(15)8-10/h4,7-9,11,16H,2-3,5-6H2,1H3. The molecule has 1 saturated carbocycles. The van der Waals surface area contributed by atoms with Gasteiger partial charge in [-0.25, -0.2) is 4.39 Å². The Morgan fingerprint density at radius 3 is 2.59 bits per heavy atom. The largest absolute Gasteiger partial charge is 0.382 e. The van der Waals surface area contributed by atoms with E-state index < -0.39 is 0 Å². The molecule has 0 atom stereocenters. The van der Waals surface area contributed by atoms with Crippen molar-refractivity contribution in [1.82, 2.24) is 0 Å². The summed E-state index contributed by atoms with van der Waals surface area (Å²) in [5.74, 6) is -0.373. The molecular formula is C13H17ClFNO. The summed E-state index contributed by atoms with van der Waals surface area (Å²) in [5.41, 5.74) is 0.799. The normalized spacial score (nSPS) is 24.6. The number of hydrogen-bond donors (Lipinski definition) is 1. The van der Waals surface area contributed by atoms with Crippen LogP contribution in [0.1, 0.15) is 25.7 Å². The number of nitrogens with one attached hydrogen (secondary N) is 1. The third-order valence-corrected chi connectivity index (χ3v) is 3.60. The van der Waals surface area contributed by atoms with Crippen molar-refractivity contribution >= 4 is 17.3 Å². The molecule has 0 aromatic heterocycles. The van der Waals surface area contributed by atoms with Crippen molar-refractivity contribution < 1.29 is 9.13 Å². The second-order valence-corrected chi connectivity index (χ2v) is 4.89. The topological polar surface area (TPSA) is 21.3 Å². The van der Waals surface area contributed by atoms with Crippen LogP contribution in [-0.2, 0) is 4.74 Å². The van der Waals surface area contributed by atoms with Gasteiger partial charge in [-0.3, -0.25) is 0 Å². The van der Waals surface area contributed by atoms with E-state index in [0.29, 0.717) is 12.1 Å². The number of rotatable bonds is 3. The molecule has 0 saturated heterocycles. The van der Waals surface area contributed by atoms with Gasteiger partial charge in [0.05, 0.1) is 11.1 Å². The Morgan fingerprint density at radius 1 is 1.29 bits per heavy atom. The number of anilines is 1. The minimum atomic E-state index is -0.373. The van der Waals surface area contributed by atoms with E-state index in [-0.39, 0.29) is 10.8 Å². The summed E-state index contributed by atoms with van der Waals surface area (Å²) in [6.45, 7) is 0. The molecule has 0 aliphatic heterocycles. The maximum atomic E-state index is 13.3. The number of ether oxygens (including phenoxy) is 1. The molecule has 0 amide bonds. The van der Waals surface area contributed by atoms with Crippen LogP contribution < -0.4 is 5.32 Å². The van der Waals surface area contributed by atoms with Gasteiger partial charge in [0.2, 0.25) is 0 Å². The second kappa shape index (κ2) is 5.69. The lowest BCUT2D eigenvalue weighted by Gasteiger charge is -2.28. The Hall–Kier alpha value is -0.800. The van der Waals surface area contributed by atoms with Crippen molar-refractivity contribution in [2.24, 2.45) is 0 Å². The predicted octanol–water partition coefficient (Wildman–Crippen LogP) is 3.85. The molecule has 2 nitrogen and oxygen atoms in total. The van der Waals surface area contributed by atoms with Gasteiger partial charge in [0.15, 0.2) is 0 Å². The van der Waals surface area contributed by atoms with Crippen molar-refractivity contribution in [3.05, 3.63) is 29.0 Å². The zero-order valence-electron chi connectivity index (χ0n) is 9.88. The van der Waals surface area contributed by atoms with Crippen LogP contribution in [0.15, 0.2) is 18.2 Å². The lowest BCUT2D eigenvalue weighted by atomic mass is 9.93. The molecule has 1 aliphatic carbocycles. The van der Waals surface area contributed by atoms with Gasteiger partial charge in [0.1, 0.15) is 5.82 Å². The van der Waals surface area contributed by atoms with E-state index in [2.05, 4.69) is 5.32 Å². The highest BCUT2D eigenvalue weighted by Gasteiger charge is 2.20. The van der Waals surface area contributed by atoms with E-state index in [4.69, 9.17) is 16.3 Å². The predicted molar refractivity (Wildman–Crippen MR) is 68.1 cm³/mol. The van der Waals surface area contributed by atoms with Crippen molar-refractivity contribution in [2.75, 3.05) is 12.4 Å². The average molecular weight is 258 g/mol. The van der Waals surface area contributed by atoms with Crippen molar-refractivity contribution in [3.8, 4) is 0 Å². The van der Waals surface area contributed by atoms with E-state index in [1.807, 2.05) is 6.07 Å². The summed E-state index contributed by atoms with van der Waals surface area (Å²) in [7, 11) is 1.76. The molecule has 0 unspecified atom stereocenters. The number of methoxy groups -OCH3 is 1. The quantitative estimate of drug-likeness (QED) is 0.888. The zero-order chi connectivity index (χ0) is 12.3. The summed E-state index contributed by atoms with van der Waals surface area (Å²) >= 11 is 5.64. The monoisotopic (exact) mass is 257 g/mol. The first-order valence-electron chi connectivity index (χ1n) is 5.93. The van der Waals surface area contributed by atoms with Crippen LogP contribution in [-0.4, -0.2) is 19.3 Å². The molecule has 1 aromatic carbocycles. The Bertz CT molecular complexity index is 378. The fourth-order valence-corrected chi connectivity index (χ4v) is 2.38. The van der Waals surface area contributed by atoms with Gasteiger partial charge in [-0.2, -0.15) is 0 Å². The highest BCUT2D eigenvalue weighted by molar-refractivity contribution is 6.30. The van der Waals surface area contributed by atoms with E-state index in [9.17, 15) is 4.39 Å². The van der Waals surface area contributed by atoms with Crippen LogP contribution in [0.4, 0.5) is 10.1 Å². The molecular weight excluding hydrogens is 241 g/mol. The summed E-state index contributed by atoms with van der Waals surface area (Å²) in [4.78, 5) is 0. The van der Waals surface area contributed by atoms with E-state index in [0.717, 1.165) is 31.4 Å². The number of benzene rings is 1. The lowest BCUT2D eigenvalue weighted by Crippen LogP contribution is -2.29. The van der Waals surface area contributed by atoms with Gasteiger partial charge in [0, 0.05) is 18.8 Å². The molecule has 94 valence electrons. The molecule has 0 radical (unpaired) electrons. The van der Waals surface area contributed by atoms with Gasteiger partial charge in [-0.15, -0.1) is 0 Å². The first-order valence-corrected chi connectivity index (χ1v) is 6.31. The van der Waals surface area contributed by atoms with Gasteiger partial charge in [0.25, 0.3) is 0 Å². The first-order chi connectivity index (χ1) is 8.19. The Labute approximate surface area is 106 Å². The van der Waals surface area contributed by atoms with Gasteiger partial charge in [-0.05, 0) is 43.9 Å². The highest BCUT2D eigenvalue weighted by atomic mass is 35.5. The van der Waals surface area contributed by atoms with Crippen LogP contribution in [0.3, 0.4) is 0 Å². The lowest BCUT2D eigenvalue weighted by molar-refractivity contribution is 0.0682. The van der Waals surface area contributed by atoms with Gasteiger partial charge >= 0.3 is 0 Å². The maximum absolute atomic E-state index is 13.3. The summed E-state index contributed by atoms with van der Waals surface area (Å²) in [5, 5.41) is 3.50. The third kappa shape index (κ3) is 3.33. The molecule has 17 heavy (non-hydrogen) atoms. The molecule has 1 aromatic rings. The SMILES string of the molecule is COC1CCC(Nc2ccc(Cl)c(F)c2)CC1. The molecule has 4 heteroatoms. The molecule has 1 N–H and O–H groups in total. The molecule has 1 fully saturated rings. The van der Waals surface area contributed by atoms with E-state index in [1.165, 1.54) is 6.07 Å². The van der Waals surface area contributed by atoms with Crippen LogP contribution >= 0.6 is 11.6 Å². The molecule has 0 spiro atoms. The third-order valence-electron chi connectivity index (χ3n) is 3.30. The second-order valence-electron chi connectivity index (χ2n) is 4.48. The van der Waals surface area contributed by atoms with Crippen molar-refractivity contribution in [2.45, 2.75) is 37.8 Å². The van der Waals surface area contributed by atoms with Gasteiger partial charge in [-0.1, -0.05) is 11.6 Å². The van der Waals surface area contributed by atoms with Crippen LogP contribution in [0.2, 0.25) is 5.02 Å². The minimum absolute atomic E-state index is 0.165. The molecule has 2 rings (SSSR count). The Kier molecular flexibility index (Phi) is 4.24. The maximum Gasteiger partial charge on any atom is 0.143 e. The number of halogens is 2. The van der Waals surface area contributed by atoms with Crippen LogP contribution in [0.25, 0.3) is 0 Å². The molecule has 0 bridgehead atoms. The van der Waals surface area contributed by atoms with Crippen molar-refractivity contribution in [1.29, 1.82) is 0 Å². The van der Waals surface area contributed by atoms with E-state index >= 15 is 0 Å². The average Bonchev–Trinajstić information content (AvgIpc) is 2.35. The van der Waals surface area contributed by atoms with Crippen molar-refractivity contribution in [3.63, 3.8) is 0 Å². The summed E-state index contributed by atoms with van der Waals surface area (Å²) in [6.07, 6.45) is 4.62. The Balaban J connectivity index is 1.91. The van der Waals surface area contributed by atoms with E-state index in [1.54, 1.807) is 13.2 Å². The minimum Gasteiger partial charge on any atom is -0.382 e. The smallest absolute Gasteiger partial charge is 0.143 e. The van der Waals surface area contributed by atoms with Gasteiger partial charge < -0.3 is 10.1 Å². The number of hydrogen-bond acceptors (Lipinski definition) is 2. The fourth-order valence-electron chi connectivity index (χ4n) is 2.26. The zero-order valence-corrected chi connectivity index (χ0v) is 10.6. The highest BCUT2D eigenvalue weighted by Crippen LogP contribution is 2.25.